The van der Waals surface area contributed by atoms with Gasteiger partial charge in [-0.15, -0.1) is 5.10 Å². The van der Waals surface area contributed by atoms with Crippen LogP contribution in [0.2, 0.25) is 0 Å². The second-order valence-electron chi connectivity index (χ2n) is 7.62. The minimum absolute atomic E-state index is 0.0496. The summed E-state index contributed by atoms with van der Waals surface area (Å²) in [6, 6.07) is 11.7. The summed E-state index contributed by atoms with van der Waals surface area (Å²) in [6.45, 7) is 3.33. The fourth-order valence-electron chi connectivity index (χ4n) is 4.03. The van der Waals surface area contributed by atoms with Crippen molar-refractivity contribution in [2.75, 3.05) is 19.6 Å². The van der Waals surface area contributed by atoms with E-state index in [0.29, 0.717) is 30.5 Å². The molecular weight excluding hydrogens is 366 g/mol. The molecule has 8 nitrogen and oxygen atoms in total. The van der Waals surface area contributed by atoms with Crippen molar-refractivity contribution in [2.45, 2.75) is 19.4 Å². The van der Waals surface area contributed by atoms with E-state index in [1.54, 1.807) is 10.7 Å². The first-order chi connectivity index (χ1) is 14.2. The predicted octanol–water partition coefficient (Wildman–Crippen LogP) is 2.25. The third-order valence-electron chi connectivity index (χ3n) is 5.45. The van der Waals surface area contributed by atoms with Crippen LogP contribution in [0.1, 0.15) is 29.2 Å². The summed E-state index contributed by atoms with van der Waals surface area (Å²) >= 11 is 0. The van der Waals surface area contributed by atoms with E-state index in [9.17, 15) is 4.79 Å². The molecule has 5 rings (SSSR count). The lowest BCUT2D eigenvalue weighted by atomic mass is 9.98. The van der Waals surface area contributed by atoms with Gasteiger partial charge >= 0.3 is 0 Å². The Labute approximate surface area is 168 Å². The molecule has 0 spiro atoms. The van der Waals surface area contributed by atoms with E-state index in [1.807, 2.05) is 42.6 Å². The van der Waals surface area contributed by atoms with Crippen LogP contribution in [0.4, 0.5) is 0 Å². The highest BCUT2D eigenvalue weighted by Gasteiger charge is 2.22. The third-order valence-corrected chi connectivity index (χ3v) is 5.45. The molecule has 2 N–H and O–H groups in total. The summed E-state index contributed by atoms with van der Waals surface area (Å²) < 4.78 is 1.71. The van der Waals surface area contributed by atoms with Gasteiger partial charge in [-0.25, -0.2) is 9.50 Å². The highest BCUT2D eigenvalue weighted by atomic mass is 16.1. The monoisotopic (exact) mass is 389 g/mol. The molecule has 3 aromatic heterocycles. The second kappa shape index (κ2) is 7.63. The Hall–Kier alpha value is -3.26. The molecule has 1 aromatic carbocycles. The molecule has 4 aromatic rings. The van der Waals surface area contributed by atoms with Crippen molar-refractivity contribution in [3.63, 3.8) is 0 Å². The number of rotatable bonds is 5. The topological polar surface area (TPSA) is 91.2 Å². The number of benzene rings is 1. The summed E-state index contributed by atoms with van der Waals surface area (Å²) in [5.74, 6) is 1.78. The number of hydrogen-bond acceptors (Lipinski definition) is 5. The van der Waals surface area contributed by atoms with Crippen LogP contribution in [0.25, 0.3) is 16.7 Å². The molecule has 8 heteroatoms. The number of amides is 1. The normalized spacial score (nSPS) is 17.7. The second-order valence-corrected chi connectivity index (χ2v) is 7.62. The Morgan fingerprint density at radius 3 is 3.10 bits per heavy atom. The maximum atomic E-state index is 12.5. The van der Waals surface area contributed by atoms with Gasteiger partial charge in [-0.2, -0.15) is 4.98 Å². The number of likely N-dealkylation sites (tertiary alicyclic amines) is 1. The summed E-state index contributed by atoms with van der Waals surface area (Å²) in [4.78, 5) is 26.8. The molecule has 4 heterocycles. The van der Waals surface area contributed by atoms with Gasteiger partial charge in [-0.1, -0.05) is 18.2 Å². The zero-order chi connectivity index (χ0) is 19.6. The first-order valence-electron chi connectivity index (χ1n) is 9.99. The molecular formula is C21H23N7O. The van der Waals surface area contributed by atoms with Crippen LogP contribution in [0.15, 0.2) is 48.8 Å². The third kappa shape index (κ3) is 3.84. The molecule has 1 aliphatic heterocycles. The Morgan fingerprint density at radius 2 is 2.21 bits per heavy atom. The minimum Gasteiger partial charge on any atom is -0.351 e. The minimum atomic E-state index is -0.0496. The molecule has 1 atom stereocenters. The zero-order valence-corrected chi connectivity index (χ0v) is 16.1. The van der Waals surface area contributed by atoms with Crippen LogP contribution in [-0.4, -0.2) is 55.0 Å². The number of hydrogen-bond donors (Lipinski definition) is 2. The fraction of sp³-hybridized carbons (Fsp3) is 0.333. The molecule has 0 bridgehead atoms. The largest absolute Gasteiger partial charge is 0.351 e. The van der Waals surface area contributed by atoms with E-state index >= 15 is 0 Å². The number of nitrogens with zero attached hydrogens (tertiary/aromatic N) is 5. The first kappa shape index (κ1) is 17.8. The lowest BCUT2D eigenvalue weighted by molar-refractivity contribution is 0.0925. The van der Waals surface area contributed by atoms with Crippen LogP contribution < -0.4 is 5.32 Å². The summed E-state index contributed by atoms with van der Waals surface area (Å²) in [5.41, 5.74) is 1.59. The molecule has 148 valence electrons. The van der Waals surface area contributed by atoms with Crippen LogP contribution >= 0.6 is 0 Å². The number of H-pyrrole nitrogens is 1. The van der Waals surface area contributed by atoms with Crippen LogP contribution in [0.5, 0.6) is 0 Å². The fourth-order valence-corrected chi connectivity index (χ4v) is 4.03. The molecule has 0 unspecified atom stereocenters. The summed E-state index contributed by atoms with van der Waals surface area (Å²) in [7, 11) is 0. The highest BCUT2D eigenvalue weighted by molar-refractivity contribution is 5.97. The summed E-state index contributed by atoms with van der Waals surface area (Å²) in [5, 5.41) is 8.64. The molecule has 1 fully saturated rings. The molecule has 1 aliphatic rings. The van der Waals surface area contributed by atoms with Gasteiger partial charge in [0, 0.05) is 36.4 Å². The number of carbonyl (C=O) groups excluding carboxylic acids is 1. The first-order valence-corrected chi connectivity index (χ1v) is 9.99. The van der Waals surface area contributed by atoms with E-state index in [1.165, 1.54) is 0 Å². The lowest BCUT2D eigenvalue weighted by Crippen LogP contribution is -2.40. The Balaban J connectivity index is 1.18. The van der Waals surface area contributed by atoms with Gasteiger partial charge in [0.1, 0.15) is 5.69 Å². The maximum Gasteiger partial charge on any atom is 0.267 e. The number of carbonyl (C=O) groups is 1. The van der Waals surface area contributed by atoms with Gasteiger partial charge in [0.15, 0.2) is 5.82 Å². The number of piperidine rings is 1. The van der Waals surface area contributed by atoms with Gasteiger partial charge in [0.05, 0.1) is 6.54 Å². The maximum absolute atomic E-state index is 12.5. The quantitative estimate of drug-likeness (QED) is 0.546. The van der Waals surface area contributed by atoms with Gasteiger partial charge in [0.25, 0.3) is 11.7 Å². The van der Waals surface area contributed by atoms with Crippen molar-refractivity contribution in [1.29, 1.82) is 0 Å². The number of aromatic nitrogens is 5. The van der Waals surface area contributed by atoms with E-state index in [2.05, 4.69) is 30.3 Å². The van der Waals surface area contributed by atoms with Gasteiger partial charge < -0.3 is 10.3 Å². The van der Waals surface area contributed by atoms with E-state index in [0.717, 1.165) is 42.7 Å². The van der Waals surface area contributed by atoms with Crippen molar-refractivity contribution in [2.24, 2.45) is 5.92 Å². The summed E-state index contributed by atoms with van der Waals surface area (Å²) in [6.07, 6.45) is 5.81. The molecule has 0 aliphatic carbocycles. The predicted molar refractivity (Wildman–Crippen MR) is 109 cm³/mol. The van der Waals surface area contributed by atoms with Crippen molar-refractivity contribution in [3.05, 3.63) is 60.3 Å². The van der Waals surface area contributed by atoms with Gasteiger partial charge in [0.2, 0.25) is 0 Å². The Bertz CT molecular complexity index is 1080. The number of fused-ring (bicyclic) bond motifs is 2. The molecule has 0 saturated carbocycles. The Kier molecular flexibility index (Phi) is 4.69. The zero-order valence-electron chi connectivity index (χ0n) is 16.1. The van der Waals surface area contributed by atoms with Crippen molar-refractivity contribution < 1.29 is 4.79 Å². The van der Waals surface area contributed by atoms with E-state index in [4.69, 9.17) is 0 Å². The van der Waals surface area contributed by atoms with E-state index < -0.39 is 0 Å². The molecule has 1 saturated heterocycles. The van der Waals surface area contributed by atoms with Crippen LogP contribution in [-0.2, 0) is 6.54 Å². The van der Waals surface area contributed by atoms with Crippen LogP contribution in [0, 0.1) is 5.92 Å². The molecule has 29 heavy (non-hydrogen) atoms. The van der Waals surface area contributed by atoms with E-state index in [-0.39, 0.29) is 5.91 Å². The SMILES string of the molecule is O=C(NC[C@@H]1CCCN(Cc2nc3ncccn3n2)C1)c1cc2ccccc2[nH]1. The van der Waals surface area contributed by atoms with Gasteiger partial charge in [-0.05, 0) is 43.5 Å². The average molecular weight is 389 g/mol. The smallest absolute Gasteiger partial charge is 0.267 e. The highest BCUT2D eigenvalue weighted by Crippen LogP contribution is 2.18. The number of aromatic amines is 1. The van der Waals surface area contributed by atoms with Crippen molar-refractivity contribution >= 4 is 22.6 Å². The average Bonchev–Trinajstić information content (AvgIpc) is 3.35. The van der Waals surface area contributed by atoms with Crippen LogP contribution in [0.3, 0.4) is 0 Å². The number of para-hydroxylation sites is 1. The van der Waals surface area contributed by atoms with Crippen molar-refractivity contribution in [1.82, 2.24) is 34.8 Å². The van der Waals surface area contributed by atoms with Crippen molar-refractivity contribution in [3.8, 4) is 0 Å². The Morgan fingerprint density at radius 1 is 1.28 bits per heavy atom. The standard InChI is InChI=1S/C21H23N7O/c29-20(18-11-16-6-1-2-7-17(16)24-18)23-12-15-5-3-9-27(13-15)14-19-25-21-22-8-4-10-28(21)26-19/h1-2,4,6-8,10-11,15,24H,3,5,9,12-14H2,(H,23,29)/t15-/m0/s1. The molecule has 0 radical (unpaired) electrons. The van der Waals surface area contributed by atoms with Gasteiger partial charge in [-0.3, -0.25) is 9.69 Å². The molecule has 1 amide bonds. The number of nitrogens with one attached hydrogen (secondary N) is 2. The lowest BCUT2D eigenvalue weighted by Gasteiger charge is -2.31.